The quantitative estimate of drug-likeness (QED) is 0.149. The molecule has 0 aromatic heterocycles. The fourth-order valence-corrected chi connectivity index (χ4v) is 3.88. The van der Waals surface area contributed by atoms with Crippen LogP contribution in [0, 0.1) is 0 Å². The monoisotopic (exact) mass is 455 g/mol. The van der Waals surface area contributed by atoms with Crippen LogP contribution in [0.3, 0.4) is 0 Å². The summed E-state index contributed by atoms with van der Waals surface area (Å²) in [7, 11) is 0. The van der Waals surface area contributed by atoms with Crippen LogP contribution in [0.1, 0.15) is 129 Å². The van der Waals surface area contributed by atoms with Gasteiger partial charge < -0.3 is 21.5 Å². The summed E-state index contributed by atoms with van der Waals surface area (Å²) in [5, 5.41) is 14.2. The van der Waals surface area contributed by atoms with Crippen molar-refractivity contribution >= 4 is 17.9 Å². The van der Waals surface area contributed by atoms with Crippen LogP contribution in [0.15, 0.2) is 0 Å². The molecular weight excluding hydrogens is 406 g/mol. The van der Waals surface area contributed by atoms with Gasteiger partial charge in [-0.15, -0.1) is 0 Å². The molecule has 0 heterocycles. The van der Waals surface area contributed by atoms with E-state index in [1.807, 2.05) is 0 Å². The molecule has 0 radical (unpaired) electrons. The van der Waals surface area contributed by atoms with Crippen molar-refractivity contribution in [1.29, 1.82) is 0 Å². The Labute approximate surface area is 195 Å². The number of primary amides is 1. The number of nitrogens with two attached hydrogens (primary N) is 1. The van der Waals surface area contributed by atoms with Gasteiger partial charge in [-0.25, -0.2) is 9.59 Å². The highest BCUT2D eigenvalue weighted by Gasteiger charge is 2.19. The molecule has 0 rings (SSSR count). The highest BCUT2D eigenvalue weighted by atomic mass is 16.4. The zero-order valence-electron chi connectivity index (χ0n) is 20.5. The summed E-state index contributed by atoms with van der Waals surface area (Å²) in [4.78, 5) is 33.9. The van der Waals surface area contributed by atoms with Gasteiger partial charge in [0.2, 0.25) is 5.91 Å². The van der Waals surface area contributed by atoms with Crippen molar-refractivity contribution in [2.75, 3.05) is 6.54 Å². The first-order chi connectivity index (χ1) is 15.5. The van der Waals surface area contributed by atoms with Crippen molar-refractivity contribution in [2.45, 2.75) is 135 Å². The van der Waals surface area contributed by atoms with Crippen LogP contribution in [0.4, 0.5) is 4.79 Å². The molecule has 0 bridgehead atoms. The summed E-state index contributed by atoms with van der Waals surface area (Å²) in [5.74, 6) is -1.27. The van der Waals surface area contributed by atoms with Crippen LogP contribution in [-0.4, -0.2) is 35.6 Å². The Morgan fingerprint density at radius 2 is 1.16 bits per heavy atom. The number of aliphatic carboxylic acids is 1. The summed E-state index contributed by atoms with van der Waals surface area (Å²) in [6.07, 6.45) is 21.6. The van der Waals surface area contributed by atoms with Crippen molar-refractivity contribution in [1.82, 2.24) is 10.6 Å². The third-order valence-corrected chi connectivity index (χ3v) is 5.86. The standard InChI is InChI=1S/C25H49N3O4/c1-2-3-4-5-6-7-8-9-10-11-12-13-14-15-16-17-20-23(29)28-22(24(30)31)19-18-21-27-25(26)32/h22H,2-21H2,1H3,(H,28,29)(H,30,31)(H3,26,27,32)/t22-/m0/s1. The largest absolute Gasteiger partial charge is 0.480 e. The van der Waals surface area contributed by atoms with Crippen molar-refractivity contribution in [3.8, 4) is 0 Å². The number of rotatable bonds is 23. The van der Waals surface area contributed by atoms with E-state index >= 15 is 0 Å². The van der Waals surface area contributed by atoms with E-state index in [0.717, 1.165) is 19.3 Å². The molecule has 0 saturated heterocycles. The molecule has 188 valence electrons. The Morgan fingerprint density at radius 3 is 1.56 bits per heavy atom. The van der Waals surface area contributed by atoms with Crippen LogP contribution in [0.2, 0.25) is 0 Å². The lowest BCUT2D eigenvalue weighted by Gasteiger charge is -2.14. The van der Waals surface area contributed by atoms with Gasteiger partial charge in [-0.3, -0.25) is 4.79 Å². The number of nitrogens with one attached hydrogen (secondary N) is 2. The van der Waals surface area contributed by atoms with E-state index in [4.69, 9.17) is 5.73 Å². The first-order valence-corrected chi connectivity index (χ1v) is 13.0. The van der Waals surface area contributed by atoms with E-state index in [-0.39, 0.29) is 12.3 Å². The summed E-state index contributed by atoms with van der Waals surface area (Å²) >= 11 is 0. The Kier molecular flexibility index (Phi) is 21.2. The van der Waals surface area contributed by atoms with E-state index in [2.05, 4.69) is 17.6 Å². The molecule has 0 fully saturated rings. The predicted octanol–water partition coefficient (Wildman–Crippen LogP) is 5.66. The van der Waals surface area contributed by atoms with Gasteiger partial charge >= 0.3 is 12.0 Å². The van der Waals surface area contributed by atoms with Gasteiger partial charge in [0, 0.05) is 13.0 Å². The molecule has 1 atom stereocenters. The smallest absolute Gasteiger partial charge is 0.326 e. The minimum absolute atomic E-state index is 0.217. The molecule has 7 heteroatoms. The SMILES string of the molecule is CCCCCCCCCCCCCCCCCCC(=O)N[C@@H](CCCNC(N)=O)C(=O)O. The van der Waals surface area contributed by atoms with Crippen LogP contribution >= 0.6 is 0 Å². The summed E-state index contributed by atoms with van der Waals surface area (Å²) < 4.78 is 0. The minimum atomic E-state index is -1.05. The average Bonchev–Trinajstić information content (AvgIpc) is 2.75. The number of amides is 3. The number of unbranched alkanes of at least 4 members (excludes halogenated alkanes) is 15. The van der Waals surface area contributed by atoms with Gasteiger partial charge in [0.05, 0.1) is 0 Å². The Hall–Kier alpha value is -1.79. The average molecular weight is 456 g/mol. The highest BCUT2D eigenvalue weighted by Crippen LogP contribution is 2.14. The third-order valence-electron chi connectivity index (χ3n) is 5.86. The van der Waals surface area contributed by atoms with E-state index in [0.29, 0.717) is 19.4 Å². The van der Waals surface area contributed by atoms with Gasteiger partial charge in [-0.05, 0) is 19.3 Å². The van der Waals surface area contributed by atoms with Gasteiger partial charge in [0.15, 0.2) is 0 Å². The van der Waals surface area contributed by atoms with Crippen LogP contribution in [0.25, 0.3) is 0 Å². The van der Waals surface area contributed by atoms with Crippen molar-refractivity contribution in [3.05, 3.63) is 0 Å². The topological polar surface area (TPSA) is 122 Å². The molecule has 0 spiro atoms. The number of hydrogen-bond acceptors (Lipinski definition) is 3. The zero-order valence-corrected chi connectivity index (χ0v) is 20.5. The number of carbonyl (C=O) groups is 3. The first-order valence-electron chi connectivity index (χ1n) is 13.0. The molecule has 0 unspecified atom stereocenters. The van der Waals surface area contributed by atoms with Crippen LogP contribution in [0.5, 0.6) is 0 Å². The molecule has 0 aliphatic carbocycles. The molecule has 0 aliphatic rings. The molecule has 0 aliphatic heterocycles. The number of carboxylic acid groups (broad SMARTS) is 1. The zero-order chi connectivity index (χ0) is 23.9. The molecule has 0 saturated carbocycles. The highest BCUT2D eigenvalue weighted by molar-refractivity contribution is 5.83. The second-order valence-electron chi connectivity index (χ2n) is 8.94. The van der Waals surface area contributed by atoms with Crippen LogP contribution in [-0.2, 0) is 9.59 Å². The lowest BCUT2D eigenvalue weighted by molar-refractivity contribution is -0.142. The van der Waals surface area contributed by atoms with Gasteiger partial charge in [-0.1, -0.05) is 103 Å². The van der Waals surface area contributed by atoms with Gasteiger partial charge in [0.25, 0.3) is 0 Å². The van der Waals surface area contributed by atoms with Crippen molar-refractivity contribution in [3.63, 3.8) is 0 Å². The minimum Gasteiger partial charge on any atom is -0.480 e. The second kappa shape index (κ2) is 22.4. The fraction of sp³-hybridized carbons (Fsp3) is 0.880. The molecule has 0 aromatic rings. The van der Waals surface area contributed by atoms with E-state index < -0.39 is 18.0 Å². The predicted molar refractivity (Wildman–Crippen MR) is 131 cm³/mol. The van der Waals surface area contributed by atoms with Crippen molar-refractivity contribution in [2.24, 2.45) is 5.73 Å². The van der Waals surface area contributed by atoms with Gasteiger partial charge in [-0.2, -0.15) is 0 Å². The lowest BCUT2D eigenvalue weighted by Crippen LogP contribution is -2.41. The number of urea groups is 1. The maximum atomic E-state index is 12.0. The summed E-state index contributed by atoms with van der Waals surface area (Å²) in [6.45, 7) is 2.56. The van der Waals surface area contributed by atoms with Crippen LogP contribution < -0.4 is 16.4 Å². The Balaban J connectivity index is 3.48. The number of carboxylic acids is 1. The molecule has 5 N–H and O–H groups in total. The van der Waals surface area contributed by atoms with E-state index in [1.54, 1.807) is 0 Å². The normalized spacial score (nSPS) is 11.8. The number of carbonyl (C=O) groups excluding carboxylic acids is 2. The molecule has 7 nitrogen and oxygen atoms in total. The molecular formula is C25H49N3O4. The van der Waals surface area contributed by atoms with E-state index in [9.17, 15) is 19.5 Å². The maximum Gasteiger partial charge on any atom is 0.326 e. The summed E-state index contributed by atoms with van der Waals surface area (Å²) in [6, 6.07) is -1.55. The second-order valence-corrected chi connectivity index (χ2v) is 8.94. The van der Waals surface area contributed by atoms with E-state index in [1.165, 1.54) is 83.5 Å². The van der Waals surface area contributed by atoms with Crippen molar-refractivity contribution < 1.29 is 19.5 Å². The molecule has 3 amide bonds. The molecule has 32 heavy (non-hydrogen) atoms. The van der Waals surface area contributed by atoms with Gasteiger partial charge in [0.1, 0.15) is 6.04 Å². The fourth-order valence-electron chi connectivity index (χ4n) is 3.88. The summed E-state index contributed by atoms with van der Waals surface area (Å²) in [5.41, 5.74) is 4.97. The lowest BCUT2D eigenvalue weighted by atomic mass is 10.0. The Morgan fingerprint density at radius 1 is 0.719 bits per heavy atom. The Bertz CT molecular complexity index is 486. The third kappa shape index (κ3) is 21.4. The number of hydrogen-bond donors (Lipinski definition) is 4. The molecule has 0 aromatic carbocycles. The first kappa shape index (κ1) is 30.2. The maximum absolute atomic E-state index is 12.0.